The largest absolute Gasteiger partial charge is 0.378 e. The van der Waals surface area contributed by atoms with Crippen LogP contribution in [-0.4, -0.2) is 46.7 Å². The average Bonchev–Trinajstić information content (AvgIpc) is 2.63. The van der Waals surface area contributed by atoms with Crippen LogP contribution in [0.2, 0.25) is 0 Å². The SMILES string of the molecule is CCOC(CCNC(=NC)NCc1ccccc1CS(=O)(=O)NC(C)C)C(C)C.I. The van der Waals surface area contributed by atoms with E-state index < -0.39 is 10.0 Å². The Kier molecular flexibility index (Phi) is 14.5. The van der Waals surface area contributed by atoms with Crippen LogP contribution < -0.4 is 15.4 Å². The molecule has 9 heteroatoms. The van der Waals surface area contributed by atoms with E-state index in [0.717, 1.165) is 24.1 Å². The Labute approximate surface area is 199 Å². The second-order valence-electron chi connectivity index (χ2n) is 7.68. The van der Waals surface area contributed by atoms with Crippen LogP contribution in [0, 0.1) is 5.92 Å². The number of benzene rings is 1. The molecule has 0 aromatic heterocycles. The van der Waals surface area contributed by atoms with E-state index in [1.807, 2.05) is 45.0 Å². The molecule has 0 saturated carbocycles. The van der Waals surface area contributed by atoms with Crippen molar-refractivity contribution in [1.82, 2.24) is 15.4 Å². The molecule has 0 saturated heterocycles. The summed E-state index contributed by atoms with van der Waals surface area (Å²) in [7, 11) is -1.65. The Balaban J connectivity index is 0.00000841. The summed E-state index contributed by atoms with van der Waals surface area (Å²) in [6, 6.07) is 7.43. The van der Waals surface area contributed by atoms with E-state index >= 15 is 0 Å². The summed E-state index contributed by atoms with van der Waals surface area (Å²) < 4.78 is 33.0. The zero-order valence-corrected chi connectivity index (χ0v) is 22.2. The van der Waals surface area contributed by atoms with Crippen LogP contribution in [0.25, 0.3) is 0 Å². The van der Waals surface area contributed by atoms with Gasteiger partial charge in [0.2, 0.25) is 10.0 Å². The van der Waals surface area contributed by atoms with Crippen LogP contribution in [-0.2, 0) is 27.1 Å². The van der Waals surface area contributed by atoms with Gasteiger partial charge in [-0.25, -0.2) is 13.1 Å². The first-order valence-electron chi connectivity index (χ1n) is 10.3. The molecule has 1 atom stereocenters. The number of hydrogen-bond acceptors (Lipinski definition) is 4. The standard InChI is InChI=1S/C21H38N4O3S.HI/c1-7-28-20(16(2)3)12-13-23-21(22-6)24-14-18-10-8-9-11-19(18)15-29(26,27)25-17(4)5;/h8-11,16-17,20,25H,7,12-15H2,1-6H3,(H2,22,23,24);1H. The third-order valence-electron chi connectivity index (χ3n) is 4.39. The van der Waals surface area contributed by atoms with Gasteiger partial charge >= 0.3 is 0 Å². The average molecular weight is 555 g/mol. The van der Waals surface area contributed by atoms with Crippen LogP contribution in [0.4, 0.5) is 0 Å². The third-order valence-corrected chi connectivity index (χ3v) is 5.92. The van der Waals surface area contributed by atoms with Gasteiger partial charge in [0, 0.05) is 32.8 Å². The monoisotopic (exact) mass is 554 g/mol. The van der Waals surface area contributed by atoms with Gasteiger partial charge in [-0.1, -0.05) is 38.1 Å². The Morgan fingerprint density at radius 1 is 1.10 bits per heavy atom. The predicted molar refractivity (Wildman–Crippen MR) is 136 cm³/mol. The van der Waals surface area contributed by atoms with Crippen molar-refractivity contribution in [2.24, 2.45) is 10.9 Å². The van der Waals surface area contributed by atoms with Crippen LogP contribution in [0.1, 0.15) is 52.2 Å². The van der Waals surface area contributed by atoms with Crippen molar-refractivity contribution in [3.8, 4) is 0 Å². The van der Waals surface area contributed by atoms with Gasteiger partial charge in [-0.05, 0) is 44.2 Å². The Bertz CT molecular complexity index is 740. The van der Waals surface area contributed by atoms with Gasteiger partial charge in [-0.2, -0.15) is 0 Å². The van der Waals surface area contributed by atoms with E-state index in [1.165, 1.54) is 0 Å². The minimum absolute atomic E-state index is 0. The van der Waals surface area contributed by atoms with Crippen molar-refractivity contribution in [1.29, 1.82) is 0 Å². The number of halogens is 1. The lowest BCUT2D eigenvalue weighted by Gasteiger charge is -2.21. The molecular formula is C21H39IN4O3S. The van der Waals surface area contributed by atoms with E-state index in [-0.39, 0.29) is 41.9 Å². The molecule has 0 aliphatic rings. The van der Waals surface area contributed by atoms with E-state index in [2.05, 4.69) is 34.2 Å². The summed E-state index contributed by atoms with van der Waals surface area (Å²) in [6.07, 6.45) is 1.10. The molecule has 7 nitrogen and oxygen atoms in total. The molecule has 0 aliphatic heterocycles. The van der Waals surface area contributed by atoms with Crippen molar-refractivity contribution < 1.29 is 13.2 Å². The van der Waals surface area contributed by atoms with Crippen molar-refractivity contribution in [3.63, 3.8) is 0 Å². The molecule has 0 radical (unpaired) electrons. The first-order chi connectivity index (χ1) is 13.7. The summed E-state index contributed by atoms with van der Waals surface area (Å²) in [6.45, 7) is 11.9. The minimum Gasteiger partial charge on any atom is -0.378 e. The molecule has 1 unspecified atom stereocenters. The van der Waals surface area contributed by atoms with Gasteiger partial charge in [0.15, 0.2) is 5.96 Å². The fourth-order valence-corrected chi connectivity index (χ4v) is 4.52. The summed E-state index contributed by atoms with van der Waals surface area (Å²) >= 11 is 0. The highest BCUT2D eigenvalue weighted by Crippen LogP contribution is 2.13. The van der Waals surface area contributed by atoms with Crippen molar-refractivity contribution in [3.05, 3.63) is 35.4 Å². The molecule has 1 aromatic rings. The molecule has 0 bridgehead atoms. The maximum absolute atomic E-state index is 12.3. The highest BCUT2D eigenvalue weighted by atomic mass is 127. The highest BCUT2D eigenvalue weighted by Gasteiger charge is 2.16. The molecule has 3 N–H and O–H groups in total. The number of nitrogens with one attached hydrogen (secondary N) is 3. The number of aliphatic imine (C=N–C) groups is 1. The summed E-state index contributed by atoms with van der Waals surface area (Å²) in [5.41, 5.74) is 1.71. The lowest BCUT2D eigenvalue weighted by molar-refractivity contribution is 0.0258. The fourth-order valence-electron chi connectivity index (χ4n) is 3.03. The Morgan fingerprint density at radius 2 is 1.73 bits per heavy atom. The Morgan fingerprint density at radius 3 is 2.27 bits per heavy atom. The first kappa shape index (κ1) is 29.1. The van der Waals surface area contributed by atoms with Crippen LogP contribution in [0.15, 0.2) is 29.3 Å². The molecule has 0 fully saturated rings. The summed E-state index contributed by atoms with van der Waals surface area (Å²) in [5, 5.41) is 6.58. The fraction of sp³-hybridized carbons (Fsp3) is 0.667. The number of nitrogens with zero attached hydrogens (tertiary/aromatic N) is 1. The summed E-state index contributed by atoms with van der Waals surface area (Å²) in [5.74, 6) is 1.10. The molecule has 1 rings (SSSR count). The van der Waals surface area contributed by atoms with Crippen LogP contribution in [0.5, 0.6) is 0 Å². The van der Waals surface area contributed by atoms with Gasteiger partial charge in [-0.3, -0.25) is 4.99 Å². The van der Waals surface area contributed by atoms with Gasteiger partial charge in [0.25, 0.3) is 0 Å². The van der Waals surface area contributed by atoms with Gasteiger partial charge in [-0.15, -0.1) is 24.0 Å². The van der Waals surface area contributed by atoms with E-state index in [9.17, 15) is 8.42 Å². The normalized spacial score (nSPS) is 13.3. The second kappa shape index (κ2) is 15.0. The second-order valence-corrected chi connectivity index (χ2v) is 9.43. The number of hydrogen-bond donors (Lipinski definition) is 3. The van der Waals surface area contributed by atoms with E-state index in [1.54, 1.807) is 7.05 Å². The summed E-state index contributed by atoms with van der Waals surface area (Å²) in [4.78, 5) is 4.26. The predicted octanol–water partition coefficient (Wildman–Crippen LogP) is 3.25. The zero-order chi connectivity index (χ0) is 21.9. The minimum atomic E-state index is -3.38. The number of ether oxygens (including phenoxy) is 1. The van der Waals surface area contributed by atoms with Crippen molar-refractivity contribution in [2.45, 2.75) is 65.5 Å². The molecule has 0 aliphatic carbocycles. The molecule has 0 spiro atoms. The van der Waals surface area contributed by atoms with Crippen molar-refractivity contribution >= 4 is 40.0 Å². The molecule has 0 amide bonds. The smallest absolute Gasteiger partial charge is 0.216 e. The lowest BCUT2D eigenvalue weighted by Crippen LogP contribution is -2.39. The van der Waals surface area contributed by atoms with Gasteiger partial charge in [0.1, 0.15) is 0 Å². The molecule has 1 aromatic carbocycles. The lowest BCUT2D eigenvalue weighted by atomic mass is 10.0. The Hall–Kier alpha value is -0.910. The van der Waals surface area contributed by atoms with E-state index in [4.69, 9.17) is 4.74 Å². The molecule has 174 valence electrons. The van der Waals surface area contributed by atoms with Crippen LogP contribution in [0.3, 0.4) is 0 Å². The van der Waals surface area contributed by atoms with E-state index in [0.29, 0.717) is 25.0 Å². The van der Waals surface area contributed by atoms with Gasteiger partial charge in [0.05, 0.1) is 11.9 Å². The first-order valence-corrected chi connectivity index (χ1v) is 12.0. The molecule has 0 heterocycles. The number of guanidine groups is 1. The third kappa shape index (κ3) is 11.5. The highest BCUT2D eigenvalue weighted by molar-refractivity contribution is 14.0. The number of rotatable bonds is 12. The zero-order valence-electron chi connectivity index (χ0n) is 19.1. The quantitative estimate of drug-likeness (QED) is 0.210. The molecule has 30 heavy (non-hydrogen) atoms. The van der Waals surface area contributed by atoms with Crippen LogP contribution >= 0.6 is 24.0 Å². The molecular weight excluding hydrogens is 515 g/mol. The number of sulfonamides is 1. The maximum Gasteiger partial charge on any atom is 0.216 e. The maximum atomic E-state index is 12.3. The van der Waals surface area contributed by atoms with Gasteiger partial charge < -0.3 is 15.4 Å². The topological polar surface area (TPSA) is 91.8 Å². The van der Waals surface area contributed by atoms with Crippen molar-refractivity contribution in [2.75, 3.05) is 20.2 Å².